The van der Waals surface area contributed by atoms with E-state index in [4.69, 9.17) is 4.74 Å². The molecule has 0 aromatic heterocycles. The van der Waals surface area contributed by atoms with Gasteiger partial charge in [0.05, 0.1) is 13.0 Å². The number of rotatable bonds is 4. The van der Waals surface area contributed by atoms with Gasteiger partial charge >= 0.3 is 5.97 Å². The summed E-state index contributed by atoms with van der Waals surface area (Å²) in [6, 6.07) is 6.46. The topological polar surface area (TPSA) is 26.3 Å². The van der Waals surface area contributed by atoms with Crippen LogP contribution in [0.4, 0.5) is 0 Å². The Hall–Kier alpha value is -1.57. The average Bonchev–Trinajstić information content (AvgIpc) is 2.22. The second-order valence-corrected chi connectivity index (χ2v) is 3.94. The Labute approximate surface area is 95.9 Å². The second-order valence-electron chi connectivity index (χ2n) is 3.94. The van der Waals surface area contributed by atoms with Crippen LogP contribution in [0.25, 0.3) is 6.08 Å². The molecule has 0 amide bonds. The highest BCUT2D eigenvalue weighted by molar-refractivity contribution is 5.72. The molecule has 1 aliphatic rings. The third-order valence-electron chi connectivity index (χ3n) is 2.79. The Balaban J connectivity index is 1.91. The van der Waals surface area contributed by atoms with Crippen LogP contribution in [-0.4, -0.2) is 12.6 Å². The van der Waals surface area contributed by atoms with Crippen molar-refractivity contribution in [2.45, 2.75) is 26.2 Å². The molecule has 0 aliphatic heterocycles. The number of hydrogen-bond donors (Lipinski definition) is 0. The van der Waals surface area contributed by atoms with E-state index in [1.807, 2.05) is 19.1 Å². The summed E-state index contributed by atoms with van der Waals surface area (Å²) in [6.45, 7) is 2.27. The van der Waals surface area contributed by atoms with Crippen molar-refractivity contribution >= 4 is 12.0 Å². The van der Waals surface area contributed by atoms with E-state index in [1.165, 1.54) is 29.5 Å². The molecule has 1 aliphatic carbocycles. The van der Waals surface area contributed by atoms with Gasteiger partial charge < -0.3 is 4.74 Å². The highest BCUT2D eigenvalue weighted by Crippen LogP contribution is 2.24. The van der Waals surface area contributed by atoms with E-state index >= 15 is 0 Å². The van der Waals surface area contributed by atoms with Crippen LogP contribution in [-0.2, 0) is 22.4 Å². The maximum Gasteiger partial charge on any atom is 0.309 e. The number of aryl methyl sites for hydroxylation is 2. The third kappa shape index (κ3) is 2.51. The van der Waals surface area contributed by atoms with Gasteiger partial charge in [0, 0.05) is 0 Å². The van der Waals surface area contributed by atoms with Crippen LogP contribution in [0.15, 0.2) is 24.3 Å². The van der Waals surface area contributed by atoms with Gasteiger partial charge in [-0.2, -0.15) is 0 Å². The number of carbonyl (C=O) groups is 1. The zero-order valence-corrected chi connectivity index (χ0v) is 9.53. The molecule has 84 valence electrons. The van der Waals surface area contributed by atoms with Crippen molar-refractivity contribution < 1.29 is 9.53 Å². The molecule has 0 N–H and O–H groups in total. The number of ether oxygens (including phenoxy) is 1. The summed E-state index contributed by atoms with van der Waals surface area (Å²) < 4.78 is 4.84. The second kappa shape index (κ2) is 4.97. The van der Waals surface area contributed by atoms with Crippen LogP contribution >= 0.6 is 0 Å². The van der Waals surface area contributed by atoms with E-state index in [0.29, 0.717) is 13.0 Å². The molecule has 16 heavy (non-hydrogen) atoms. The summed E-state index contributed by atoms with van der Waals surface area (Å²) in [4.78, 5) is 11.1. The van der Waals surface area contributed by atoms with Gasteiger partial charge in [0.2, 0.25) is 0 Å². The lowest BCUT2D eigenvalue weighted by Crippen LogP contribution is -2.07. The first-order chi connectivity index (χ1) is 7.79. The first kappa shape index (κ1) is 10.9. The quantitative estimate of drug-likeness (QED) is 0.723. The standard InChI is InChI=1S/C14H16O2/c1-2-16-14(15)5-3-4-11-6-7-12-8-9-13(12)10-11/h3-4,6-7,10H,2,5,8-9H2,1H3. The predicted molar refractivity (Wildman–Crippen MR) is 64.1 cm³/mol. The molecule has 0 spiro atoms. The van der Waals surface area contributed by atoms with Crippen LogP contribution in [0.1, 0.15) is 30.0 Å². The molecule has 0 saturated heterocycles. The molecule has 2 rings (SSSR count). The van der Waals surface area contributed by atoms with Crippen LogP contribution in [0.3, 0.4) is 0 Å². The van der Waals surface area contributed by atoms with E-state index in [2.05, 4.69) is 18.2 Å². The summed E-state index contributed by atoms with van der Waals surface area (Å²) >= 11 is 0. The van der Waals surface area contributed by atoms with Gasteiger partial charge in [0.1, 0.15) is 0 Å². The van der Waals surface area contributed by atoms with Crippen molar-refractivity contribution in [2.75, 3.05) is 6.61 Å². The first-order valence-electron chi connectivity index (χ1n) is 5.73. The SMILES string of the molecule is CCOC(=O)CC=Cc1ccc2c(c1)CC2. The third-order valence-corrected chi connectivity index (χ3v) is 2.79. The van der Waals surface area contributed by atoms with Gasteiger partial charge in [0.25, 0.3) is 0 Å². The Morgan fingerprint density at radius 3 is 2.81 bits per heavy atom. The molecule has 0 unspecified atom stereocenters. The Morgan fingerprint density at radius 1 is 1.38 bits per heavy atom. The fourth-order valence-electron chi connectivity index (χ4n) is 1.83. The summed E-state index contributed by atoms with van der Waals surface area (Å²) in [5.41, 5.74) is 4.07. The molecule has 1 aromatic rings. The Kier molecular flexibility index (Phi) is 3.40. The highest BCUT2D eigenvalue weighted by atomic mass is 16.5. The molecule has 2 nitrogen and oxygen atoms in total. The highest BCUT2D eigenvalue weighted by Gasteiger charge is 2.11. The molecule has 0 fully saturated rings. The molecular weight excluding hydrogens is 200 g/mol. The summed E-state index contributed by atoms with van der Waals surface area (Å²) in [5, 5.41) is 0. The minimum atomic E-state index is -0.164. The normalized spacial score (nSPS) is 13.3. The Morgan fingerprint density at radius 2 is 2.19 bits per heavy atom. The lowest BCUT2D eigenvalue weighted by molar-refractivity contribution is -0.142. The summed E-state index contributed by atoms with van der Waals surface area (Å²) in [6.07, 6.45) is 6.59. The van der Waals surface area contributed by atoms with Gasteiger partial charge in [-0.25, -0.2) is 0 Å². The molecule has 0 atom stereocenters. The minimum absolute atomic E-state index is 0.164. The van der Waals surface area contributed by atoms with Gasteiger partial charge in [0.15, 0.2) is 0 Å². The molecule has 0 heterocycles. The average molecular weight is 216 g/mol. The monoisotopic (exact) mass is 216 g/mol. The fourth-order valence-corrected chi connectivity index (χ4v) is 1.83. The molecule has 1 aromatic carbocycles. The van der Waals surface area contributed by atoms with Crippen LogP contribution in [0.2, 0.25) is 0 Å². The number of carbonyl (C=O) groups excluding carboxylic acids is 1. The van der Waals surface area contributed by atoms with Gasteiger partial charge in [-0.1, -0.05) is 30.4 Å². The number of hydrogen-bond acceptors (Lipinski definition) is 2. The van der Waals surface area contributed by atoms with Crippen molar-refractivity contribution in [3.05, 3.63) is 41.0 Å². The van der Waals surface area contributed by atoms with Crippen molar-refractivity contribution in [3.63, 3.8) is 0 Å². The van der Waals surface area contributed by atoms with Gasteiger partial charge in [-0.15, -0.1) is 0 Å². The Bertz CT molecular complexity index is 419. The molecule has 0 radical (unpaired) electrons. The zero-order valence-electron chi connectivity index (χ0n) is 9.53. The molecule has 2 heteroatoms. The largest absolute Gasteiger partial charge is 0.466 e. The van der Waals surface area contributed by atoms with Crippen LogP contribution in [0.5, 0.6) is 0 Å². The van der Waals surface area contributed by atoms with Crippen molar-refractivity contribution in [1.29, 1.82) is 0 Å². The number of benzene rings is 1. The summed E-state index contributed by atoms with van der Waals surface area (Å²) in [7, 11) is 0. The summed E-state index contributed by atoms with van der Waals surface area (Å²) in [5.74, 6) is -0.164. The number of esters is 1. The van der Waals surface area contributed by atoms with E-state index in [1.54, 1.807) is 0 Å². The maximum absolute atomic E-state index is 11.1. The lowest BCUT2D eigenvalue weighted by atomic mass is 9.87. The van der Waals surface area contributed by atoms with Crippen LogP contribution in [0, 0.1) is 0 Å². The van der Waals surface area contributed by atoms with Crippen LogP contribution < -0.4 is 0 Å². The first-order valence-corrected chi connectivity index (χ1v) is 5.73. The van der Waals surface area contributed by atoms with Crippen molar-refractivity contribution in [2.24, 2.45) is 0 Å². The maximum atomic E-state index is 11.1. The molecule has 0 saturated carbocycles. The predicted octanol–water partition coefficient (Wildman–Crippen LogP) is 2.75. The van der Waals surface area contributed by atoms with Crippen molar-refractivity contribution in [1.82, 2.24) is 0 Å². The van der Waals surface area contributed by atoms with Gasteiger partial charge in [-0.05, 0) is 36.5 Å². The lowest BCUT2D eigenvalue weighted by Gasteiger charge is -2.18. The smallest absolute Gasteiger partial charge is 0.309 e. The minimum Gasteiger partial charge on any atom is -0.466 e. The zero-order chi connectivity index (χ0) is 11.4. The molecule has 0 bridgehead atoms. The van der Waals surface area contributed by atoms with Crippen molar-refractivity contribution in [3.8, 4) is 0 Å². The van der Waals surface area contributed by atoms with E-state index in [-0.39, 0.29) is 5.97 Å². The van der Waals surface area contributed by atoms with E-state index < -0.39 is 0 Å². The van der Waals surface area contributed by atoms with Gasteiger partial charge in [-0.3, -0.25) is 4.79 Å². The van der Waals surface area contributed by atoms with E-state index in [0.717, 1.165) is 0 Å². The molecular formula is C14H16O2. The van der Waals surface area contributed by atoms with E-state index in [9.17, 15) is 4.79 Å². The number of fused-ring (bicyclic) bond motifs is 1. The fraction of sp³-hybridized carbons (Fsp3) is 0.357.